The lowest BCUT2D eigenvalue weighted by Crippen LogP contribution is -2.58. The highest BCUT2D eigenvalue weighted by Gasteiger charge is 2.30. The molecule has 12 heteroatoms. The Morgan fingerprint density at radius 1 is 0.778 bits per heavy atom. The highest BCUT2D eigenvalue weighted by atomic mass is 16.4. The Hall–Kier alpha value is -2.28. The van der Waals surface area contributed by atoms with Gasteiger partial charge in [0.1, 0.15) is 24.2 Å². The van der Waals surface area contributed by atoms with E-state index >= 15 is 0 Å². The van der Waals surface area contributed by atoms with Gasteiger partial charge in [-0.05, 0) is 12.3 Å². The number of aliphatic hydroxyl groups excluding tert-OH is 3. The van der Waals surface area contributed by atoms with Crippen LogP contribution in [-0.4, -0.2) is 88.1 Å². The van der Waals surface area contributed by atoms with Crippen molar-refractivity contribution >= 4 is 23.7 Å². The first-order valence-corrected chi connectivity index (χ1v) is 8.29. The van der Waals surface area contributed by atoms with Crippen molar-refractivity contribution in [1.82, 2.24) is 16.0 Å². The molecule has 0 saturated carbocycles. The fraction of sp³-hybridized carbons (Fsp3) is 0.733. The molecular formula is C15H28N4O8. The van der Waals surface area contributed by atoms with E-state index in [0.29, 0.717) is 0 Å². The predicted octanol–water partition coefficient (Wildman–Crippen LogP) is -4.12. The number of nitrogens with one attached hydrogen (secondary N) is 3. The lowest BCUT2D eigenvalue weighted by molar-refractivity contribution is -0.143. The van der Waals surface area contributed by atoms with Gasteiger partial charge >= 0.3 is 5.97 Å². The van der Waals surface area contributed by atoms with E-state index in [1.54, 1.807) is 13.8 Å². The maximum atomic E-state index is 12.3. The summed E-state index contributed by atoms with van der Waals surface area (Å²) in [6.45, 7) is 1.23. The molecule has 0 radical (unpaired) electrons. The van der Waals surface area contributed by atoms with Gasteiger partial charge in [0.25, 0.3) is 0 Å². The van der Waals surface area contributed by atoms with Crippen LogP contribution in [0.2, 0.25) is 0 Å². The number of carboxylic acid groups (broad SMARTS) is 1. The van der Waals surface area contributed by atoms with Crippen molar-refractivity contribution in [2.45, 2.75) is 44.4 Å². The molecule has 0 heterocycles. The Kier molecular flexibility index (Phi) is 11.1. The fourth-order valence-electron chi connectivity index (χ4n) is 1.99. The number of hydrogen-bond acceptors (Lipinski definition) is 8. The van der Waals surface area contributed by atoms with E-state index in [1.807, 2.05) is 0 Å². The van der Waals surface area contributed by atoms with Crippen molar-refractivity contribution in [2.24, 2.45) is 11.7 Å². The van der Waals surface area contributed by atoms with Crippen LogP contribution >= 0.6 is 0 Å². The molecule has 0 aromatic heterocycles. The highest BCUT2D eigenvalue weighted by Crippen LogP contribution is 2.06. The third-order valence-electron chi connectivity index (χ3n) is 3.49. The average molecular weight is 392 g/mol. The molecule has 0 aromatic carbocycles. The first kappa shape index (κ1) is 24.7. The van der Waals surface area contributed by atoms with Crippen molar-refractivity contribution < 1.29 is 39.6 Å². The molecule has 0 aliphatic carbocycles. The van der Waals surface area contributed by atoms with Crippen molar-refractivity contribution in [1.29, 1.82) is 0 Å². The van der Waals surface area contributed by atoms with E-state index in [-0.39, 0.29) is 12.3 Å². The van der Waals surface area contributed by atoms with E-state index in [1.165, 1.54) is 0 Å². The third-order valence-corrected chi connectivity index (χ3v) is 3.49. The number of rotatable bonds is 12. The van der Waals surface area contributed by atoms with Gasteiger partial charge in [-0.2, -0.15) is 0 Å². The smallest absolute Gasteiger partial charge is 0.328 e. The van der Waals surface area contributed by atoms with Crippen LogP contribution in [0, 0.1) is 5.92 Å². The number of hydrogen-bond donors (Lipinski definition) is 8. The average Bonchev–Trinajstić information content (AvgIpc) is 2.61. The van der Waals surface area contributed by atoms with Crippen LogP contribution < -0.4 is 21.7 Å². The van der Waals surface area contributed by atoms with Crippen molar-refractivity contribution in [3.8, 4) is 0 Å². The van der Waals surface area contributed by atoms with Crippen LogP contribution in [-0.2, 0) is 19.2 Å². The molecule has 0 aliphatic rings. The molecule has 0 rings (SSSR count). The van der Waals surface area contributed by atoms with Crippen LogP contribution in [0.15, 0.2) is 0 Å². The van der Waals surface area contributed by atoms with Gasteiger partial charge in [0.15, 0.2) is 0 Å². The number of carbonyl (C=O) groups excluding carboxylic acids is 3. The molecule has 0 fully saturated rings. The minimum absolute atomic E-state index is 0.0663. The van der Waals surface area contributed by atoms with Gasteiger partial charge in [0.2, 0.25) is 17.7 Å². The van der Waals surface area contributed by atoms with Gasteiger partial charge in [-0.25, -0.2) is 4.79 Å². The van der Waals surface area contributed by atoms with Crippen LogP contribution in [0.5, 0.6) is 0 Å². The second-order valence-electron chi connectivity index (χ2n) is 6.31. The van der Waals surface area contributed by atoms with Gasteiger partial charge in [-0.1, -0.05) is 13.8 Å². The molecule has 0 spiro atoms. The van der Waals surface area contributed by atoms with Gasteiger partial charge in [0.05, 0.1) is 19.8 Å². The molecule has 27 heavy (non-hydrogen) atoms. The van der Waals surface area contributed by atoms with Crippen LogP contribution in [0.4, 0.5) is 0 Å². The van der Waals surface area contributed by atoms with E-state index in [9.17, 15) is 24.3 Å². The summed E-state index contributed by atoms with van der Waals surface area (Å²) in [7, 11) is 0. The summed E-state index contributed by atoms with van der Waals surface area (Å²) in [6.07, 6.45) is 0.136. The molecule has 0 saturated heterocycles. The summed E-state index contributed by atoms with van der Waals surface area (Å²) in [5.41, 5.74) is 5.31. The number of amides is 3. The normalized spacial score (nSPS) is 15.4. The Morgan fingerprint density at radius 2 is 1.22 bits per heavy atom. The topological polar surface area (TPSA) is 211 Å². The monoisotopic (exact) mass is 392 g/mol. The summed E-state index contributed by atoms with van der Waals surface area (Å²) in [5.74, 6) is -4.12. The van der Waals surface area contributed by atoms with Crippen molar-refractivity contribution in [3.63, 3.8) is 0 Å². The lowest BCUT2D eigenvalue weighted by Gasteiger charge is -2.24. The standard InChI is InChI=1S/C15H28N4O8/c1-7(2)3-9(13(24)19-11(6-22)15(26)27)17-14(25)10(5-21)18-12(23)8(16)4-20/h7-11,20-22H,3-6,16H2,1-2H3,(H,17,25)(H,18,23)(H,19,24)(H,26,27). The first-order valence-electron chi connectivity index (χ1n) is 8.29. The number of carboxylic acids is 1. The van der Waals surface area contributed by atoms with Gasteiger partial charge < -0.3 is 42.1 Å². The summed E-state index contributed by atoms with van der Waals surface area (Å²) < 4.78 is 0. The summed E-state index contributed by atoms with van der Waals surface area (Å²) in [4.78, 5) is 47.1. The quantitative estimate of drug-likeness (QED) is 0.162. The molecule has 0 aliphatic heterocycles. The van der Waals surface area contributed by atoms with Crippen LogP contribution in [0.1, 0.15) is 20.3 Å². The maximum Gasteiger partial charge on any atom is 0.328 e. The number of aliphatic hydroxyl groups is 3. The zero-order chi connectivity index (χ0) is 21.1. The highest BCUT2D eigenvalue weighted by molar-refractivity contribution is 5.94. The first-order chi connectivity index (χ1) is 12.6. The van der Waals surface area contributed by atoms with Gasteiger partial charge in [0, 0.05) is 0 Å². The molecule has 9 N–H and O–H groups in total. The lowest BCUT2D eigenvalue weighted by atomic mass is 10.0. The molecule has 0 bridgehead atoms. The maximum absolute atomic E-state index is 12.3. The zero-order valence-corrected chi connectivity index (χ0v) is 15.2. The van der Waals surface area contributed by atoms with Gasteiger partial charge in [-0.3, -0.25) is 14.4 Å². The summed E-state index contributed by atoms with van der Waals surface area (Å²) in [6, 6.07) is -5.42. The molecule has 156 valence electrons. The number of aliphatic carboxylic acids is 1. The minimum atomic E-state index is -1.54. The molecule has 4 unspecified atom stereocenters. The molecule has 3 amide bonds. The molecular weight excluding hydrogens is 364 g/mol. The second kappa shape index (κ2) is 12.2. The minimum Gasteiger partial charge on any atom is -0.480 e. The number of nitrogens with two attached hydrogens (primary N) is 1. The second-order valence-corrected chi connectivity index (χ2v) is 6.31. The number of carbonyl (C=O) groups is 4. The Bertz CT molecular complexity index is 528. The SMILES string of the molecule is CC(C)CC(NC(=O)C(CO)NC(=O)C(N)CO)C(=O)NC(CO)C(=O)O. The van der Waals surface area contributed by atoms with E-state index < -0.39 is 67.7 Å². The van der Waals surface area contributed by atoms with Crippen LogP contribution in [0.3, 0.4) is 0 Å². The molecule has 12 nitrogen and oxygen atoms in total. The summed E-state index contributed by atoms with van der Waals surface area (Å²) >= 11 is 0. The largest absolute Gasteiger partial charge is 0.480 e. The molecule has 0 aromatic rings. The van der Waals surface area contributed by atoms with Crippen LogP contribution in [0.25, 0.3) is 0 Å². The Labute approximate surface area is 156 Å². The van der Waals surface area contributed by atoms with Crippen molar-refractivity contribution in [3.05, 3.63) is 0 Å². The Morgan fingerprint density at radius 3 is 1.63 bits per heavy atom. The van der Waals surface area contributed by atoms with E-state index in [2.05, 4.69) is 16.0 Å². The summed E-state index contributed by atoms with van der Waals surface area (Å²) in [5, 5.41) is 42.6. The van der Waals surface area contributed by atoms with Gasteiger partial charge in [-0.15, -0.1) is 0 Å². The van der Waals surface area contributed by atoms with Crippen molar-refractivity contribution in [2.75, 3.05) is 19.8 Å². The predicted molar refractivity (Wildman–Crippen MR) is 92.1 cm³/mol. The van der Waals surface area contributed by atoms with E-state index in [0.717, 1.165) is 0 Å². The van der Waals surface area contributed by atoms with E-state index in [4.69, 9.17) is 21.1 Å². The molecule has 4 atom stereocenters. The third kappa shape index (κ3) is 8.77. The zero-order valence-electron chi connectivity index (χ0n) is 15.2. The Balaban J connectivity index is 5.14. The fourth-order valence-corrected chi connectivity index (χ4v) is 1.99.